The molecule has 0 nitrogen and oxygen atoms in total. The lowest BCUT2D eigenvalue weighted by Gasteiger charge is -2.28. The smallest absolute Gasteiger partial charge is 0.155 e. The maximum absolute atomic E-state index is 7.35. The largest absolute Gasteiger partial charge is 0.217 e. The van der Waals surface area contributed by atoms with E-state index in [4.69, 9.17) is 11.1 Å². The molecule has 2 aromatic rings. The Labute approximate surface area is 134 Å². The first-order chi connectivity index (χ1) is 10.2. The van der Waals surface area contributed by atoms with Crippen molar-refractivity contribution in [3.05, 3.63) is 60.2 Å². The summed E-state index contributed by atoms with van der Waals surface area (Å²) in [4.78, 5) is 0. The van der Waals surface area contributed by atoms with Gasteiger partial charge in [0.1, 0.15) is 0 Å². The zero-order chi connectivity index (χ0) is 15.1. The Balaban J connectivity index is 2.50. The van der Waals surface area contributed by atoms with Gasteiger partial charge in [0.15, 0.2) is 0 Å². The van der Waals surface area contributed by atoms with Gasteiger partial charge in [-0.05, 0) is 28.4 Å². The van der Waals surface area contributed by atoms with E-state index < -0.39 is 7.38 Å². The summed E-state index contributed by atoms with van der Waals surface area (Å²) in [6.45, 7) is 4.48. The molecule has 0 amide bonds. The molecule has 0 aromatic heterocycles. The van der Waals surface area contributed by atoms with Crippen molar-refractivity contribution in [2.24, 2.45) is 0 Å². The van der Waals surface area contributed by atoms with Crippen LogP contribution in [0.1, 0.15) is 38.7 Å². The van der Waals surface area contributed by atoms with E-state index >= 15 is 0 Å². The average Bonchev–Trinajstić information content (AvgIpc) is 2.54. The van der Waals surface area contributed by atoms with Gasteiger partial charge in [0.2, 0.25) is 7.38 Å². The van der Waals surface area contributed by atoms with Crippen LogP contribution in [-0.4, -0.2) is 7.38 Å². The van der Waals surface area contributed by atoms with E-state index in [0.29, 0.717) is 0 Å². The molecule has 0 spiro atoms. The molecule has 112 valence electrons. The van der Waals surface area contributed by atoms with Crippen LogP contribution in [0.2, 0.25) is 6.04 Å². The minimum Gasteiger partial charge on any atom is -0.155 e. The number of rotatable bonds is 7. The molecule has 0 saturated carbocycles. The summed E-state index contributed by atoms with van der Waals surface area (Å²) in [5, 5.41) is 2.77. The zero-order valence-corrected chi connectivity index (χ0v) is 14.9. The second-order valence-electron chi connectivity index (χ2n) is 5.68. The fraction of sp³-hybridized carbons (Fsp3) is 0.368. The molecule has 0 aliphatic rings. The number of hydrogen-bond donors (Lipinski definition) is 0. The van der Waals surface area contributed by atoms with Crippen molar-refractivity contribution in [2.45, 2.75) is 45.6 Å². The lowest BCUT2D eigenvalue weighted by molar-refractivity contribution is 0.875. The third kappa shape index (κ3) is 3.78. The average molecular weight is 317 g/mol. The molecule has 1 unspecified atom stereocenters. The SMILES string of the molecule is CCCC[Si](Cl)(c1ccccc1)c1ccccc1CCC. The number of unbranched alkanes of at least 4 members (excludes halogenated alkanes) is 1. The molecule has 0 N–H and O–H groups in total. The van der Waals surface area contributed by atoms with Crippen LogP contribution in [0.3, 0.4) is 0 Å². The highest BCUT2D eigenvalue weighted by atomic mass is 35.6. The standard InChI is InChI=1S/C19H25ClSi/c1-3-5-16-21(20,18-13-7-6-8-14-18)19-15-10-9-12-17(19)11-4-2/h6-10,12-15H,3-5,11,16H2,1-2H3. The highest BCUT2D eigenvalue weighted by Crippen LogP contribution is 2.21. The lowest BCUT2D eigenvalue weighted by atomic mass is 10.1. The van der Waals surface area contributed by atoms with E-state index in [9.17, 15) is 0 Å². The summed E-state index contributed by atoms with van der Waals surface area (Å²) in [6.07, 6.45) is 4.69. The van der Waals surface area contributed by atoms with E-state index in [2.05, 4.69) is 68.4 Å². The van der Waals surface area contributed by atoms with Crippen molar-refractivity contribution in [1.82, 2.24) is 0 Å². The highest BCUT2D eigenvalue weighted by molar-refractivity contribution is 7.34. The first-order valence-electron chi connectivity index (χ1n) is 8.05. The predicted octanol–water partition coefficient (Wildman–Crippen LogP) is 4.74. The van der Waals surface area contributed by atoms with Gasteiger partial charge in [-0.15, -0.1) is 0 Å². The number of halogens is 1. The molecule has 2 aromatic carbocycles. The molecule has 2 heteroatoms. The van der Waals surface area contributed by atoms with Gasteiger partial charge in [-0.3, -0.25) is 0 Å². The number of benzene rings is 2. The van der Waals surface area contributed by atoms with Crippen LogP contribution < -0.4 is 10.4 Å². The van der Waals surface area contributed by atoms with Crippen LogP contribution >= 0.6 is 11.1 Å². The Morgan fingerprint density at radius 2 is 1.52 bits per heavy atom. The first-order valence-corrected chi connectivity index (χ1v) is 11.3. The fourth-order valence-electron chi connectivity index (χ4n) is 2.95. The topological polar surface area (TPSA) is 0 Å². The summed E-state index contributed by atoms with van der Waals surface area (Å²) in [6, 6.07) is 20.7. The van der Waals surface area contributed by atoms with Crippen molar-refractivity contribution in [1.29, 1.82) is 0 Å². The van der Waals surface area contributed by atoms with Crippen molar-refractivity contribution in [3.8, 4) is 0 Å². The second kappa shape index (κ2) is 7.81. The molecule has 0 fully saturated rings. The second-order valence-corrected chi connectivity index (χ2v) is 10.8. The van der Waals surface area contributed by atoms with Gasteiger partial charge < -0.3 is 0 Å². The van der Waals surface area contributed by atoms with Crippen LogP contribution in [0.5, 0.6) is 0 Å². The Morgan fingerprint density at radius 3 is 2.19 bits per heavy atom. The summed E-state index contributed by atoms with van der Waals surface area (Å²) >= 11 is 7.35. The number of hydrogen-bond acceptors (Lipinski definition) is 0. The van der Waals surface area contributed by atoms with Crippen LogP contribution in [0, 0.1) is 0 Å². The van der Waals surface area contributed by atoms with Gasteiger partial charge in [0, 0.05) is 0 Å². The summed E-state index contributed by atoms with van der Waals surface area (Å²) < 4.78 is 0. The van der Waals surface area contributed by atoms with Gasteiger partial charge in [-0.1, -0.05) is 87.7 Å². The normalized spacial score (nSPS) is 13.9. The molecular weight excluding hydrogens is 292 g/mol. The summed E-state index contributed by atoms with van der Waals surface area (Å²) in [5.41, 5.74) is 1.45. The Hall–Kier alpha value is -1.05. The minimum absolute atomic E-state index is 1.12. The summed E-state index contributed by atoms with van der Waals surface area (Å²) in [5.74, 6) is 0. The Morgan fingerprint density at radius 1 is 0.857 bits per heavy atom. The molecule has 0 aliphatic heterocycles. The monoisotopic (exact) mass is 316 g/mol. The molecule has 0 aliphatic carbocycles. The molecule has 21 heavy (non-hydrogen) atoms. The Bertz CT molecular complexity index is 553. The predicted molar refractivity (Wildman–Crippen MR) is 97.5 cm³/mol. The summed E-state index contributed by atoms with van der Waals surface area (Å²) in [7, 11) is -2.13. The molecule has 0 saturated heterocycles. The molecule has 1 atom stereocenters. The van der Waals surface area contributed by atoms with E-state index in [1.807, 2.05) is 0 Å². The highest BCUT2D eigenvalue weighted by Gasteiger charge is 2.36. The zero-order valence-electron chi connectivity index (χ0n) is 13.1. The fourth-order valence-corrected chi connectivity index (χ4v) is 7.79. The molecule has 0 radical (unpaired) electrons. The molecule has 0 heterocycles. The van der Waals surface area contributed by atoms with Crippen molar-refractivity contribution in [2.75, 3.05) is 0 Å². The lowest BCUT2D eigenvalue weighted by Crippen LogP contribution is -2.54. The first kappa shape index (κ1) is 16.3. The molecule has 2 rings (SSSR count). The quantitative estimate of drug-likeness (QED) is 0.511. The number of aryl methyl sites for hydroxylation is 1. The van der Waals surface area contributed by atoms with Gasteiger partial charge in [-0.2, -0.15) is 11.1 Å². The van der Waals surface area contributed by atoms with Gasteiger partial charge in [0.25, 0.3) is 0 Å². The van der Waals surface area contributed by atoms with Crippen LogP contribution in [0.25, 0.3) is 0 Å². The van der Waals surface area contributed by atoms with E-state index in [-0.39, 0.29) is 0 Å². The van der Waals surface area contributed by atoms with Crippen molar-refractivity contribution in [3.63, 3.8) is 0 Å². The van der Waals surface area contributed by atoms with Crippen molar-refractivity contribution < 1.29 is 0 Å². The van der Waals surface area contributed by atoms with E-state index in [0.717, 1.165) is 12.5 Å². The minimum atomic E-state index is -2.13. The Kier molecular flexibility index (Phi) is 6.07. The van der Waals surface area contributed by atoms with Gasteiger partial charge >= 0.3 is 0 Å². The molecular formula is C19H25ClSi. The van der Waals surface area contributed by atoms with E-state index in [1.54, 1.807) is 0 Å². The maximum Gasteiger partial charge on any atom is 0.217 e. The van der Waals surface area contributed by atoms with Crippen LogP contribution in [0.15, 0.2) is 54.6 Å². The van der Waals surface area contributed by atoms with Gasteiger partial charge in [0.05, 0.1) is 0 Å². The third-order valence-electron chi connectivity index (χ3n) is 4.07. The molecule has 0 bridgehead atoms. The van der Waals surface area contributed by atoms with E-state index in [1.165, 1.54) is 35.2 Å². The van der Waals surface area contributed by atoms with Crippen molar-refractivity contribution >= 4 is 28.8 Å². The third-order valence-corrected chi connectivity index (χ3v) is 9.53. The van der Waals surface area contributed by atoms with Gasteiger partial charge in [-0.25, -0.2) is 0 Å². The van der Waals surface area contributed by atoms with Crippen LogP contribution in [-0.2, 0) is 6.42 Å². The van der Waals surface area contributed by atoms with Crippen LogP contribution in [0.4, 0.5) is 0 Å². The maximum atomic E-state index is 7.35.